The summed E-state index contributed by atoms with van der Waals surface area (Å²) >= 11 is 0. The number of ether oxygens (including phenoxy) is 2. The number of fused-ring (bicyclic) bond motifs is 1. The highest BCUT2D eigenvalue weighted by Crippen LogP contribution is 2.33. The summed E-state index contributed by atoms with van der Waals surface area (Å²) in [7, 11) is 1.63. The van der Waals surface area contributed by atoms with Crippen LogP contribution in [0.1, 0.15) is 36.8 Å². The molecule has 1 fully saturated rings. The summed E-state index contributed by atoms with van der Waals surface area (Å²) in [5, 5.41) is 0. The van der Waals surface area contributed by atoms with E-state index < -0.39 is 6.09 Å². The Hall–Kier alpha value is -3.28. The lowest BCUT2D eigenvalue weighted by Gasteiger charge is -2.35. The van der Waals surface area contributed by atoms with Gasteiger partial charge in [-0.25, -0.2) is 4.79 Å². The van der Waals surface area contributed by atoms with E-state index in [1.54, 1.807) is 29.3 Å². The van der Waals surface area contributed by atoms with Crippen LogP contribution in [0.5, 0.6) is 5.75 Å². The molecule has 0 N–H and O–H groups in total. The van der Waals surface area contributed by atoms with Crippen LogP contribution in [0.2, 0.25) is 0 Å². The summed E-state index contributed by atoms with van der Waals surface area (Å²) in [4.78, 5) is 29.6. The van der Waals surface area contributed by atoms with Crippen LogP contribution in [0.4, 0.5) is 4.79 Å². The lowest BCUT2D eigenvalue weighted by molar-refractivity contribution is -0.135. The Morgan fingerprint density at radius 2 is 1.71 bits per heavy atom. The van der Waals surface area contributed by atoms with Gasteiger partial charge in [-0.05, 0) is 36.1 Å². The summed E-state index contributed by atoms with van der Waals surface area (Å²) in [5.41, 5.74) is 1.94. The van der Waals surface area contributed by atoms with Gasteiger partial charge in [0.15, 0.2) is 0 Å². The van der Waals surface area contributed by atoms with Crippen LogP contribution in [0.15, 0.2) is 67.0 Å². The molecule has 2 atom stereocenters. The van der Waals surface area contributed by atoms with Gasteiger partial charge in [-0.1, -0.05) is 55.3 Å². The highest BCUT2D eigenvalue weighted by molar-refractivity contribution is 5.82. The van der Waals surface area contributed by atoms with Crippen molar-refractivity contribution in [1.29, 1.82) is 0 Å². The molecule has 6 nitrogen and oxygen atoms in total. The average Bonchev–Trinajstić information content (AvgIpc) is 2.96. The zero-order chi connectivity index (χ0) is 21.6. The van der Waals surface area contributed by atoms with Crippen molar-refractivity contribution in [2.24, 2.45) is 5.92 Å². The van der Waals surface area contributed by atoms with Gasteiger partial charge in [-0.15, -0.1) is 0 Å². The number of carbonyl (C=O) groups excluding carboxylic acids is 2. The zero-order valence-electron chi connectivity index (χ0n) is 17.8. The lowest BCUT2D eigenvalue weighted by Crippen LogP contribution is -2.46. The van der Waals surface area contributed by atoms with Gasteiger partial charge in [0.05, 0.1) is 25.6 Å². The van der Waals surface area contributed by atoms with E-state index in [4.69, 9.17) is 9.47 Å². The van der Waals surface area contributed by atoms with Crippen molar-refractivity contribution >= 4 is 12.0 Å². The van der Waals surface area contributed by atoms with Crippen molar-refractivity contribution in [2.75, 3.05) is 7.11 Å². The molecule has 2 aromatic carbocycles. The summed E-state index contributed by atoms with van der Waals surface area (Å²) in [6, 6.07) is 17.1. The van der Waals surface area contributed by atoms with Crippen LogP contribution in [0.25, 0.3) is 0 Å². The van der Waals surface area contributed by atoms with Gasteiger partial charge in [0, 0.05) is 12.4 Å². The summed E-state index contributed by atoms with van der Waals surface area (Å²) < 4.78 is 10.8. The average molecular weight is 421 g/mol. The first kappa shape index (κ1) is 21.0. The van der Waals surface area contributed by atoms with Crippen LogP contribution in [-0.2, 0) is 22.7 Å². The van der Waals surface area contributed by atoms with Crippen molar-refractivity contribution in [1.82, 2.24) is 9.80 Å². The van der Waals surface area contributed by atoms with Crippen molar-refractivity contribution < 1.29 is 19.1 Å². The highest BCUT2D eigenvalue weighted by Gasteiger charge is 2.40. The van der Waals surface area contributed by atoms with Gasteiger partial charge in [-0.3, -0.25) is 9.69 Å². The third kappa shape index (κ3) is 4.90. The number of benzene rings is 2. The second kappa shape index (κ2) is 9.69. The van der Waals surface area contributed by atoms with E-state index in [1.807, 2.05) is 54.6 Å². The maximum atomic E-state index is 13.3. The van der Waals surface area contributed by atoms with Crippen LogP contribution in [-0.4, -0.2) is 35.0 Å². The van der Waals surface area contributed by atoms with E-state index in [9.17, 15) is 9.59 Å². The van der Waals surface area contributed by atoms with Gasteiger partial charge in [-0.2, -0.15) is 0 Å². The van der Waals surface area contributed by atoms with Crippen LogP contribution >= 0.6 is 0 Å². The van der Waals surface area contributed by atoms with Crippen molar-refractivity contribution in [3.63, 3.8) is 0 Å². The first-order chi connectivity index (χ1) is 15.2. The van der Waals surface area contributed by atoms with Gasteiger partial charge >= 0.3 is 6.09 Å². The zero-order valence-corrected chi connectivity index (χ0v) is 17.8. The fourth-order valence-corrected chi connectivity index (χ4v) is 4.33. The van der Waals surface area contributed by atoms with E-state index >= 15 is 0 Å². The number of methoxy groups -OCH3 is 1. The Morgan fingerprint density at radius 1 is 0.968 bits per heavy atom. The lowest BCUT2D eigenvalue weighted by atomic mass is 9.83. The minimum absolute atomic E-state index is 0.0649. The molecule has 1 heterocycles. The van der Waals surface area contributed by atoms with Gasteiger partial charge in [0.25, 0.3) is 0 Å². The minimum Gasteiger partial charge on any atom is -0.497 e. The molecule has 0 saturated heterocycles. The Kier molecular flexibility index (Phi) is 6.55. The Bertz CT molecular complexity index is 926. The molecule has 0 spiro atoms. The number of nitrogens with zero attached hydrogens (tertiary/aromatic N) is 2. The van der Waals surface area contributed by atoms with Crippen molar-refractivity contribution in [3.8, 4) is 5.75 Å². The number of rotatable bonds is 5. The molecule has 31 heavy (non-hydrogen) atoms. The van der Waals surface area contributed by atoms with E-state index in [0.717, 1.165) is 42.6 Å². The van der Waals surface area contributed by atoms with E-state index in [2.05, 4.69) is 0 Å². The summed E-state index contributed by atoms with van der Waals surface area (Å²) in [5.74, 6) is 0.627. The molecule has 2 amide bonds. The molecule has 1 aliphatic carbocycles. The summed E-state index contributed by atoms with van der Waals surface area (Å²) in [6.07, 6.45) is 6.61. The molecule has 2 aromatic rings. The molecule has 6 heteroatoms. The molecule has 162 valence electrons. The predicted molar refractivity (Wildman–Crippen MR) is 117 cm³/mol. The Morgan fingerprint density at radius 3 is 2.45 bits per heavy atom. The highest BCUT2D eigenvalue weighted by atomic mass is 16.6. The van der Waals surface area contributed by atoms with Gasteiger partial charge < -0.3 is 14.4 Å². The first-order valence-corrected chi connectivity index (χ1v) is 10.8. The largest absolute Gasteiger partial charge is 0.497 e. The molecule has 2 aliphatic rings. The predicted octanol–water partition coefficient (Wildman–Crippen LogP) is 4.71. The van der Waals surface area contributed by atoms with Crippen molar-refractivity contribution in [2.45, 2.75) is 44.9 Å². The van der Waals surface area contributed by atoms with Gasteiger partial charge in [0.1, 0.15) is 12.4 Å². The fraction of sp³-hybridized carbons (Fsp3) is 0.360. The fourth-order valence-electron chi connectivity index (χ4n) is 4.33. The van der Waals surface area contributed by atoms with Crippen molar-refractivity contribution in [3.05, 3.63) is 78.1 Å². The Balaban J connectivity index is 1.50. The normalized spacial score (nSPS) is 20.7. The molecular formula is C25H28N2O4. The second-order valence-corrected chi connectivity index (χ2v) is 8.02. The molecular weight excluding hydrogens is 392 g/mol. The maximum Gasteiger partial charge on any atom is 0.414 e. The molecule has 0 bridgehead atoms. The molecule has 0 unspecified atom stereocenters. The quantitative estimate of drug-likeness (QED) is 0.703. The molecule has 1 aliphatic heterocycles. The second-order valence-electron chi connectivity index (χ2n) is 8.02. The third-order valence-electron chi connectivity index (χ3n) is 6.02. The van der Waals surface area contributed by atoms with Crippen LogP contribution in [0, 0.1) is 5.92 Å². The van der Waals surface area contributed by atoms with E-state index in [1.165, 1.54) is 0 Å². The SMILES string of the molecule is COc1ccc(CN2C=CN(C(=O)OCc3ccccc3)[C@H]3CCCC[C@H]3C2=O)cc1. The number of hydrogen-bond acceptors (Lipinski definition) is 4. The number of carbonyl (C=O) groups is 2. The topological polar surface area (TPSA) is 59.1 Å². The standard InChI is InChI=1S/C25H28N2O4/c1-30-21-13-11-19(12-14-21)17-26-15-16-27(23-10-6-5-9-22(23)24(26)28)25(29)31-18-20-7-3-2-4-8-20/h2-4,7-8,11-16,22-23H,5-6,9-10,17-18H2,1H3/t22-,23+/m1/s1. The minimum atomic E-state index is -0.406. The van der Waals surface area contributed by atoms with Crippen LogP contribution in [0.3, 0.4) is 0 Å². The number of hydrogen-bond donors (Lipinski definition) is 0. The summed E-state index contributed by atoms with van der Waals surface area (Å²) in [6.45, 7) is 0.667. The van der Waals surface area contributed by atoms with E-state index in [-0.39, 0.29) is 24.5 Å². The van der Waals surface area contributed by atoms with Gasteiger partial charge in [0.2, 0.25) is 5.91 Å². The molecule has 0 radical (unpaired) electrons. The number of amides is 2. The molecule has 4 rings (SSSR count). The third-order valence-corrected chi connectivity index (χ3v) is 6.02. The monoisotopic (exact) mass is 420 g/mol. The molecule has 0 aromatic heterocycles. The van der Waals surface area contributed by atoms with Crippen LogP contribution < -0.4 is 4.74 Å². The Labute approximate surface area is 183 Å². The first-order valence-electron chi connectivity index (χ1n) is 10.8. The molecule has 1 saturated carbocycles. The smallest absolute Gasteiger partial charge is 0.414 e. The maximum absolute atomic E-state index is 13.3. The van der Waals surface area contributed by atoms with E-state index in [0.29, 0.717) is 6.54 Å².